The molecule has 5 heteroatoms. The molecular weight excluding hydrogens is 322 g/mol. The van der Waals surface area contributed by atoms with Crippen LogP contribution in [-0.2, 0) is 11.2 Å². The van der Waals surface area contributed by atoms with Crippen LogP contribution in [0, 0.1) is 6.92 Å². The van der Waals surface area contributed by atoms with Crippen LogP contribution >= 0.6 is 11.6 Å². The Hall–Kier alpha value is -2.07. The number of aryl methyl sites for hydroxylation is 2. The lowest BCUT2D eigenvalue weighted by Crippen LogP contribution is -2.37. The maximum atomic E-state index is 12.2. The molecule has 3 rings (SSSR count). The van der Waals surface area contributed by atoms with Gasteiger partial charge in [-0.1, -0.05) is 29.8 Å². The van der Waals surface area contributed by atoms with Crippen LogP contribution < -0.4 is 10.2 Å². The number of nitrogens with zero attached hydrogens (tertiary/aromatic N) is 2. The Kier molecular flexibility index (Phi) is 5.36. The summed E-state index contributed by atoms with van der Waals surface area (Å²) in [6.45, 7) is 3.73. The third-order valence-electron chi connectivity index (χ3n) is 4.39. The summed E-state index contributed by atoms with van der Waals surface area (Å²) in [5.41, 5.74) is 2.20. The maximum absolute atomic E-state index is 12.2. The topological polar surface area (TPSA) is 45.2 Å². The fourth-order valence-electron chi connectivity index (χ4n) is 3.05. The molecular formula is C19H22ClN3O. The van der Waals surface area contributed by atoms with Gasteiger partial charge in [0.25, 0.3) is 0 Å². The molecule has 0 spiro atoms. The van der Waals surface area contributed by atoms with Gasteiger partial charge in [-0.15, -0.1) is 0 Å². The van der Waals surface area contributed by atoms with Gasteiger partial charge in [-0.05, 0) is 49.1 Å². The second kappa shape index (κ2) is 7.67. The predicted molar refractivity (Wildman–Crippen MR) is 97.5 cm³/mol. The number of carbonyl (C=O) groups is 1. The number of amides is 1. The fourth-order valence-corrected chi connectivity index (χ4v) is 3.16. The fraction of sp³-hybridized carbons (Fsp3) is 0.368. The largest absolute Gasteiger partial charge is 0.354 e. The van der Waals surface area contributed by atoms with Crippen LogP contribution in [-0.4, -0.2) is 30.0 Å². The molecule has 0 bridgehead atoms. The molecule has 1 aromatic heterocycles. The number of halogens is 1. The molecule has 0 unspecified atom stereocenters. The first-order chi connectivity index (χ1) is 11.6. The minimum Gasteiger partial charge on any atom is -0.354 e. The zero-order valence-electron chi connectivity index (χ0n) is 13.8. The average Bonchev–Trinajstić information content (AvgIpc) is 3.05. The molecule has 1 saturated heterocycles. The van der Waals surface area contributed by atoms with Crippen molar-refractivity contribution in [1.29, 1.82) is 0 Å². The minimum atomic E-state index is 0.107. The summed E-state index contributed by atoms with van der Waals surface area (Å²) >= 11 is 6.03. The molecule has 0 aliphatic carbocycles. The second-order valence-electron chi connectivity index (χ2n) is 6.27. The molecule has 1 amide bonds. The van der Waals surface area contributed by atoms with Crippen molar-refractivity contribution in [2.24, 2.45) is 0 Å². The van der Waals surface area contributed by atoms with Crippen LogP contribution in [0.25, 0.3) is 0 Å². The van der Waals surface area contributed by atoms with Crippen molar-refractivity contribution in [2.75, 3.05) is 18.0 Å². The summed E-state index contributed by atoms with van der Waals surface area (Å²) in [6.07, 6.45) is 4.00. The van der Waals surface area contributed by atoms with Crippen LogP contribution in [0.4, 0.5) is 5.82 Å². The van der Waals surface area contributed by atoms with Gasteiger partial charge in [0, 0.05) is 36.8 Å². The minimum absolute atomic E-state index is 0.107. The molecule has 0 saturated carbocycles. The van der Waals surface area contributed by atoms with Gasteiger partial charge in [-0.3, -0.25) is 4.79 Å². The van der Waals surface area contributed by atoms with Crippen molar-refractivity contribution in [3.63, 3.8) is 0 Å². The van der Waals surface area contributed by atoms with Gasteiger partial charge in [0.2, 0.25) is 5.91 Å². The molecule has 1 atom stereocenters. The zero-order valence-corrected chi connectivity index (χ0v) is 14.6. The Bertz CT molecular complexity index is 705. The summed E-state index contributed by atoms with van der Waals surface area (Å²) < 4.78 is 0. The van der Waals surface area contributed by atoms with Crippen LogP contribution in [0.3, 0.4) is 0 Å². The summed E-state index contributed by atoms with van der Waals surface area (Å²) in [6, 6.07) is 12.0. The summed E-state index contributed by atoms with van der Waals surface area (Å²) in [7, 11) is 0. The number of pyridine rings is 1. The van der Waals surface area contributed by atoms with Crippen LogP contribution in [0.1, 0.15) is 24.0 Å². The van der Waals surface area contributed by atoms with Crippen molar-refractivity contribution in [2.45, 2.75) is 32.2 Å². The monoisotopic (exact) mass is 343 g/mol. The number of aromatic nitrogens is 1. The maximum Gasteiger partial charge on any atom is 0.220 e. The number of anilines is 1. The average molecular weight is 344 g/mol. The normalized spacial score (nSPS) is 17.1. The van der Waals surface area contributed by atoms with E-state index in [4.69, 9.17) is 11.6 Å². The number of benzene rings is 1. The van der Waals surface area contributed by atoms with E-state index in [1.165, 1.54) is 0 Å². The highest BCUT2D eigenvalue weighted by Crippen LogP contribution is 2.18. The molecule has 1 N–H and O–H groups in total. The van der Waals surface area contributed by atoms with Crippen molar-refractivity contribution in [3.8, 4) is 0 Å². The first kappa shape index (κ1) is 16.8. The molecule has 2 heterocycles. The molecule has 4 nitrogen and oxygen atoms in total. The highest BCUT2D eigenvalue weighted by molar-refractivity contribution is 6.31. The summed E-state index contributed by atoms with van der Waals surface area (Å²) in [5, 5.41) is 3.91. The highest BCUT2D eigenvalue weighted by Gasteiger charge is 2.24. The molecule has 2 aromatic rings. The van der Waals surface area contributed by atoms with E-state index in [2.05, 4.69) is 15.2 Å². The van der Waals surface area contributed by atoms with Crippen LogP contribution in [0.5, 0.6) is 0 Å². The first-order valence-electron chi connectivity index (χ1n) is 8.32. The smallest absolute Gasteiger partial charge is 0.220 e. The Morgan fingerprint density at radius 3 is 3.00 bits per heavy atom. The van der Waals surface area contributed by atoms with Gasteiger partial charge in [0.1, 0.15) is 5.82 Å². The standard InChI is InChI=1S/C19H22ClN3O/c1-14-12-15(5-7-17(14)20)6-8-19(24)22-16-9-11-23(13-16)18-4-2-3-10-21-18/h2-5,7,10,12,16H,6,8-9,11,13H2,1H3,(H,22,24)/t16-/m1/s1. The zero-order chi connectivity index (χ0) is 16.9. The lowest BCUT2D eigenvalue weighted by Gasteiger charge is -2.17. The van der Waals surface area contributed by atoms with Gasteiger partial charge < -0.3 is 10.2 Å². The summed E-state index contributed by atoms with van der Waals surface area (Å²) in [5.74, 6) is 1.08. The van der Waals surface area contributed by atoms with E-state index >= 15 is 0 Å². The van der Waals surface area contributed by atoms with E-state index in [-0.39, 0.29) is 11.9 Å². The molecule has 1 aromatic carbocycles. The predicted octanol–water partition coefficient (Wildman–Crippen LogP) is 3.37. The Morgan fingerprint density at radius 1 is 1.38 bits per heavy atom. The van der Waals surface area contributed by atoms with Gasteiger partial charge in [0.15, 0.2) is 0 Å². The second-order valence-corrected chi connectivity index (χ2v) is 6.68. The number of rotatable bonds is 5. The Morgan fingerprint density at radius 2 is 2.25 bits per heavy atom. The Balaban J connectivity index is 1.46. The van der Waals surface area contributed by atoms with E-state index < -0.39 is 0 Å². The van der Waals surface area contributed by atoms with E-state index in [1.54, 1.807) is 6.20 Å². The SMILES string of the molecule is Cc1cc(CCC(=O)N[C@@H]2CCN(c3ccccn3)C2)ccc1Cl. The van der Waals surface area contributed by atoms with Crippen LogP contribution in [0.15, 0.2) is 42.6 Å². The number of nitrogens with one attached hydrogen (secondary N) is 1. The molecule has 1 aliphatic rings. The first-order valence-corrected chi connectivity index (χ1v) is 8.70. The number of hydrogen-bond donors (Lipinski definition) is 1. The molecule has 0 radical (unpaired) electrons. The Labute approximate surface area is 147 Å². The lowest BCUT2D eigenvalue weighted by molar-refractivity contribution is -0.121. The molecule has 1 aliphatic heterocycles. The van der Waals surface area contributed by atoms with Crippen molar-refractivity contribution >= 4 is 23.3 Å². The quantitative estimate of drug-likeness (QED) is 0.905. The van der Waals surface area contributed by atoms with E-state index in [1.807, 2.05) is 43.3 Å². The highest BCUT2D eigenvalue weighted by atomic mass is 35.5. The lowest BCUT2D eigenvalue weighted by atomic mass is 10.1. The van der Waals surface area contributed by atoms with Gasteiger partial charge in [0.05, 0.1) is 0 Å². The number of hydrogen-bond acceptors (Lipinski definition) is 3. The molecule has 126 valence electrons. The summed E-state index contributed by atoms with van der Waals surface area (Å²) in [4.78, 5) is 18.8. The van der Waals surface area contributed by atoms with E-state index in [0.29, 0.717) is 6.42 Å². The molecule has 24 heavy (non-hydrogen) atoms. The van der Waals surface area contributed by atoms with Crippen LogP contribution in [0.2, 0.25) is 5.02 Å². The van der Waals surface area contributed by atoms with E-state index in [9.17, 15) is 4.79 Å². The van der Waals surface area contributed by atoms with Crippen molar-refractivity contribution in [1.82, 2.24) is 10.3 Å². The van der Waals surface area contributed by atoms with Crippen molar-refractivity contribution < 1.29 is 4.79 Å². The van der Waals surface area contributed by atoms with Gasteiger partial charge in [-0.25, -0.2) is 4.98 Å². The third kappa shape index (κ3) is 4.26. The molecule has 1 fully saturated rings. The van der Waals surface area contributed by atoms with Crippen molar-refractivity contribution in [3.05, 3.63) is 58.7 Å². The van der Waals surface area contributed by atoms with Gasteiger partial charge in [-0.2, -0.15) is 0 Å². The van der Waals surface area contributed by atoms with Gasteiger partial charge >= 0.3 is 0 Å². The number of carbonyl (C=O) groups excluding carboxylic acids is 1. The van der Waals surface area contributed by atoms with E-state index in [0.717, 1.165) is 47.9 Å². The third-order valence-corrected chi connectivity index (χ3v) is 4.81.